The molecule has 4 rings (SSSR count). The second-order valence-electron chi connectivity index (χ2n) is 8.27. The molecule has 1 aliphatic carbocycles. The molecule has 2 aliphatic heterocycles. The van der Waals surface area contributed by atoms with E-state index >= 15 is 0 Å². The van der Waals surface area contributed by atoms with Crippen molar-refractivity contribution in [2.45, 2.75) is 68.8 Å². The predicted octanol–water partition coefficient (Wildman–Crippen LogP) is 2.20. The molecule has 0 radical (unpaired) electrons. The van der Waals surface area contributed by atoms with Crippen molar-refractivity contribution in [2.24, 2.45) is 0 Å². The number of aliphatic hydroxyl groups excluding tert-OH is 1. The van der Waals surface area contributed by atoms with Gasteiger partial charge in [-0.1, -0.05) is 12.8 Å². The molecule has 1 aromatic carbocycles. The Morgan fingerprint density at radius 1 is 1.30 bits per heavy atom. The van der Waals surface area contributed by atoms with Gasteiger partial charge in [-0.05, 0) is 37.5 Å². The van der Waals surface area contributed by atoms with Gasteiger partial charge in [-0.2, -0.15) is 0 Å². The van der Waals surface area contributed by atoms with Crippen molar-refractivity contribution < 1.29 is 19.4 Å². The first-order chi connectivity index (χ1) is 13.0. The van der Waals surface area contributed by atoms with Crippen LogP contribution in [0.2, 0.25) is 0 Å². The summed E-state index contributed by atoms with van der Waals surface area (Å²) in [6, 6.07) is 6.52. The summed E-state index contributed by atoms with van der Waals surface area (Å²) in [7, 11) is 4.04. The Morgan fingerprint density at radius 3 is 2.78 bits per heavy atom. The Bertz CT molecular complexity index is 687. The molecule has 1 saturated carbocycles. The van der Waals surface area contributed by atoms with Crippen LogP contribution in [0, 0.1) is 0 Å². The first kappa shape index (κ1) is 18.6. The van der Waals surface area contributed by atoms with E-state index in [4.69, 9.17) is 9.47 Å². The monoisotopic (exact) mass is 374 g/mol. The standard InChI is InChI=1S/C21H30N2O4/c1-23(2)14-7-8-18-16(9-14)17-10-15(26-19(12-24)21(17)27-18)11-20(25)22-13-5-3-4-6-13/h7-9,13,15,17,19,21,24H,3-6,10-12H2,1-2H3,(H,22,25)/t15-,17-,19+,21+/m0/s1. The van der Waals surface area contributed by atoms with E-state index in [1.54, 1.807) is 0 Å². The molecule has 6 nitrogen and oxygen atoms in total. The van der Waals surface area contributed by atoms with Gasteiger partial charge in [-0.25, -0.2) is 0 Å². The van der Waals surface area contributed by atoms with Crippen molar-refractivity contribution in [1.29, 1.82) is 0 Å². The molecule has 2 N–H and O–H groups in total. The third-order valence-corrected chi connectivity index (χ3v) is 6.13. The lowest BCUT2D eigenvalue weighted by atomic mass is 9.84. The van der Waals surface area contributed by atoms with Crippen LogP contribution in [0.3, 0.4) is 0 Å². The first-order valence-corrected chi connectivity index (χ1v) is 10.1. The van der Waals surface area contributed by atoms with Gasteiger partial charge in [0.2, 0.25) is 5.91 Å². The zero-order valence-electron chi connectivity index (χ0n) is 16.2. The summed E-state index contributed by atoms with van der Waals surface area (Å²) in [5.74, 6) is 1.08. The molecule has 0 unspecified atom stereocenters. The Hall–Kier alpha value is -1.79. The average Bonchev–Trinajstić information content (AvgIpc) is 3.28. The van der Waals surface area contributed by atoms with Crippen LogP contribution in [0.4, 0.5) is 5.69 Å². The quantitative estimate of drug-likeness (QED) is 0.827. The predicted molar refractivity (Wildman–Crippen MR) is 103 cm³/mol. The van der Waals surface area contributed by atoms with E-state index in [1.807, 2.05) is 26.2 Å². The molecule has 1 amide bonds. The minimum Gasteiger partial charge on any atom is -0.487 e. The molecule has 4 atom stereocenters. The van der Waals surface area contributed by atoms with Gasteiger partial charge in [-0.15, -0.1) is 0 Å². The Balaban J connectivity index is 1.47. The van der Waals surface area contributed by atoms with Crippen LogP contribution in [0.15, 0.2) is 18.2 Å². The molecule has 27 heavy (non-hydrogen) atoms. The third kappa shape index (κ3) is 3.78. The van der Waals surface area contributed by atoms with Gasteiger partial charge in [0.05, 0.1) is 19.1 Å². The number of carbonyl (C=O) groups excluding carboxylic acids is 1. The third-order valence-electron chi connectivity index (χ3n) is 6.13. The topological polar surface area (TPSA) is 71.0 Å². The van der Waals surface area contributed by atoms with Crippen LogP contribution >= 0.6 is 0 Å². The maximum atomic E-state index is 12.5. The maximum absolute atomic E-state index is 12.5. The van der Waals surface area contributed by atoms with Gasteiger partial charge in [-0.3, -0.25) is 4.79 Å². The summed E-state index contributed by atoms with van der Waals surface area (Å²) in [6.07, 6.45) is 4.86. The van der Waals surface area contributed by atoms with E-state index in [2.05, 4.69) is 16.3 Å². The number of ether oxygens (including phenoxy) is 2. The number of nitrogens with zero attached hydrogens (tertiary/aromatic N) is 1. The smallest absolute Gasteiger partial charge is 0.222 e. The SMILES string of the molecule is CN(C)c1ccc2c(c1)[C@@H]1C[C@@H](CC(=O)NC3CCCC3)O[C@H](CO)[C@@H]1O2. The maximum Gasteiger partial charge on any atom is 0.222 e. The van der Waals surface area contributed by atoms with E-state index in [1.165, 1.54) is 12.8 Å². The van der Waals surface area contributed by atoms with Gasteiger partial charge >= 0.3 is 0 Å². The van der Waals surface area contributed by atoms with E-state index in [0.29, 0.717) is 12.5 Å². The zero-order chi connectivity index (χ0) is 19.0. The second-order valence-corrected chi connectivity index (χ2v) is 8.27. The molecule has 3 aliphatic rings. The number of anilines is 1. The van der Waals surface area contributed by atoms with Crippen molar-refractivity contribution in [3.63, 3.8) is 0 Å². The van der Waals surface area contributed by atoms with Crippen molar-refractivity contribution in [1.82, 2.24) is 5.32 Å². The van der Waals surface area contributed by atoms with Crippen LogP contribution in [0.1, 0.15) is 50.0 Å². The first-order valence-electron chi connectivity index (χ1n) is 10.1. The van der Waals surface area contributed by atoms with E-state index in [-0.39, 0.29) is 30.6 Å². The lowest BCUT2D eigenvalue weighted by molar-refractivity contribution is -0.142. The van der Waals surface area contributed by atoms with Crippen LogP contribution in [-0.4, -0.2) is 56.1 Å². The molecule has 0 spiro atoms. The second kappa shape index (κ2) is 7.68. The number of nitrogens with one attached hydrogen (secondary N) is 1. The summed E-state index contributed by atoms with van der Waals surface area (Å²) in [5.41, 5.74) is 2.29. The van der Waals surface area contributed by atoms with Crippen LogP contribution in [-0.2, 0) is 9.53 Å². The molecule has 1 saturated heterocycles. The number of fused-ring (bicyclic) bond motifs is 3. The number of rotatable bonds is 5. The van der Waals surface area contributed by atoms with Gasteiger partial charge in [0, 0.05) is 37.3 Å². The van der Waals surface area contributed by atoms with E-state index < -0.39 is 6.10 Å². The highest BCUT2D eigenvalue weighted by Crippen LogP contribution is 2.47. The van der Waals surface area contributed by atoms with Crippen LogP contribution < -0.4 is 15.0 Å². The highest BCUT2D eigenvalue weighted by atomic mass is 16.6. The Kier molecular flexibility index (Phi) is 5.28. The van der Waals surface area contributed by atoms with E-state index in [0.717, 1.165) is 36.3 Å². The van der Waals surface area contributed by atoms with Gasteiger partial charge in [0.25, 0.3) is 0 Å². The summed E-state index contributed by atoms with van der Waals surface area (Å²) in [6.45, 7) is -0.101. The molecule has 2 fully saturated rings. The number of aliphatic hydroxyl groups is 1. The van der Waals surface area contributed by atoms with Crippen molar-refractivity contribution in [3.8, 4) is 5.75 Å². The van der Waals surface area contributed by atoms with Crippen molar-refractivity contribution in [3.05, 3.63) is 23.8 Å². The summed E-state index contributed by atoms with van der Waals surface area (Å²) in [5, 5.41) is 13.0. The van der Waals surface area contributed by atoms with Gasteiger partial charge in [0.15, 0.2) is 0 Å². The highest BCUT2D eigenvalue weighted by Gasteiger charge is 2.46. The molecule has 148 valence electrons. The van der Waals surface area contributed by atoms with E-state index in [9.17, 15) is 9.90 Å². The summed E-state index contributed by atoms with van der Waals surface area (Å²) >= 11 is 0. The molecular weight excluding hydrogens is 344 g/mol. The summed E-state index contributed by atoms with van der Waals surface area (Å²) in [4.78, 5) is 14.5. The molecule has 1 aromatic rings. The van der Waals surface area contributed by atoms with Crippen LogP contribution in [0.25, 0.3) is 0 Å². The number of amides is 1. The number of hydrogen-bond acceptors (Lipinski definition) is 5. The van der Waals surface area contributed by atoms with Gasteiger partial charge in [0.1, 0.15) is 18.0 Å². The van der Waals surface area contributed by atoms with Crippen molar-refractivity contribution >= 4 is 11.6 Å². The Morgan fingerprint density at radius 2 is 2.07 bits per heavy atom. The molecular formula is C21H30N2O4. The minimum atomic E-state index is -0.400. The highest BCUT2D eigenvalue weighted by molar-refractivity contribution is 5.76. The fourth-order valence-electron chi connectivity index (χ4n) is 4.72. The summed E-state index contributed by atoms with van der Waals surface area (Å²) < 4.78 is 12.2. The fourth-order valence-corrected chi connectivity index (χ4v) is 4.72. The fraction of sp³-hybridized carbons (Fsp3) is 0.667. The molecule has 2 heterocycles. The number of benzene rings is 1. The largest absolute Gasteiger partial charge is 0.487 e. The lowest BCUT2D eigenvalue weighted by Gasteiger charge is -2.37. The number of carbonyl (C=O) groups is 1. The number of hydrogen-bond donors (Lipinski definition) is 2. The molecule has 0 bridgehead atoms. The molecule has 0 aromatic heterocycles. The Labute approximate surface area is 160 Å². The minimum absolute atomic E-state index is 0.0585. The molecule has 6 heteroatoms. The van der Waals surface area contributed by atoms with Crippen molar-refractivity contribution in [2.75, 3.05) is 25.6 Å². The van der Waals surface area contributed by atoms with Crippen LogP contribution in [0.5, 0.6) is 5.75 Å². The normalized spacial score (nSPS) is 29.7. The average molecular weight is 374 g/mol. The van der Waals surface area contributed by atoms with Gasteiger partial charge < -0.3 is 24.8 Å². The lowest BCUT2D eigenvalue weighted by Crippen LogP contribution is -2.47. The zero-order valence-corrected chi connectivity index (χ0v) is 16.2.